The smallest absolute Gasteiger partial charge is 0.251 e. The summed E-state index contributed by atoms with van der Waals surface area (Å²) in [6.07, 6.45) is 3.61. The number of carbonyl (C=O) groups excluding carboxylic acids is 1. The second-order valence-electron chi connectivity index (χ2n) is 4.85. The second kappa shape index (κ2) is 5.91. The summed E-state index contributed by atoms with van der Waals surface area (Å²) in [5.74, 6) is -0.371. The van der Waals surface area contributed by atoms with Gasteiger partial charge in [-0.2, -0.15) is 4.39 Å². The van der Waals surface area contributed by atoms with Crippen LogP contribution in [-0.4, -0.2) is 42.5 Å². The summed E-state index contributed by atoms with van der Waals surface area (Å²) in [5.41, 5.74) is 0.326. The molecule has 1 N–H and O–H groups in total. The Labute approximate surface area is 106 Å². The van der Waals surface area contributed by atoms with Crippen LogP contribution in [0.3, 0.4) is 0 Å². The molecule has 98 valence electrons. The number of hydrogen-bond acceptors (Lipinski definition) is 3. The first-order valence-electron chi connectivity index (χ1n) is 6.23. The monoisotopic (exact) mass is 251 g/mol. The molecular weight excluding hydrogens is 233 g/mol. The van der Waals surface area contributed by atoms with E-state index in [0.717, 1.165) is 25.6 Å². The average molecular weight is 251 g/mol. The summed E-state index contributed by atoms with van der Waals surface area (Å²) >= 11 is 0. The molecule has 1 unspecified atom stereocenters. The van der Waals surface area contributed by atoms with Gasteiger partial charge in [-0.25, -0.2) is 4.98 Å². The highest BCUT2D eigenvalue weighted by Crippen LogP contribution is 2.14. The summed E-state index contributed by atoms with van der Waals surface area (Å²) < 4.78 is 12.9. The van der Waals surface area contributed by atoms with Crippen molar-refractivity contribution in [3.8, 4) is 0 Å². The Balaban J connectivity index is 1.84. The molecule has 0 aliphatic carbocycles. The van der Waals surface area contributed by atoms with Crippen LogP contribution in [0.15, 0.2) is 18.3 Å². The molecule has 1 fully saturated rings. The van der Waals surface area contributed by atoms with Crippen molar-refractivity contribution in [1.29, 1.82) is 0 Å². The number of pyridine rings is 1. The fourth-order valence-corrected chi connectivity index (χ4v) is 2.32. The van der Waals surface area contributed by atoms with Crippen molar-refractivity contribution in [3.63, 3.8) is 0 Å². The van der Waals surface area contributed by atoms with Crippen LogP contribution >= 0.6 is 0 Å². The largest absolute Gasteiger partial charge is 0.352 e. The first-order chi connectivity index (χ1) is 8.65. The Morgan fingerprint density at radius 2 is 2.50 bits per heavy atom. The van der Waals surface area contributed by atoms with Gasteiger partial charge in [-0.3, -0.25) is 4.79 Å². The number of nitrogens with zero attached hydrogens (tertiary/aromatic N) is 2. The van der Waals surface area contributed by atoms with Crippen LogP contribution in [-0.2, 0) is 0 Å². The van der Waals surface area contributed by atoms with E-state index in [1.807, 2.05) is 0 Å². The van der Waals surface area contributed by atoms with E-state index in [1.165, 1.54) is 18.7 Å². The lowest BCUT2D eigenvalue weighted by molar-refractivity contribution is 0.0936. The fraction of sp³-hybridized carbons (Fsp3) is 0.538. The molecule has 0 spiro atoms. The van der Waals surface area contributed by atoms with Crippen molar-refractivity contribution >= 4 is 5.91 Å². The van der Waals surface area contributed by atoms with E-state index in [-0.39, 0.29) is 5.91 Å². The standard InChI is InChI=1S/C13H18FN3O/c1-17-6-2-3-10(9-17)8-16-13(18)11-4-5-15-12(14)7-11/h4-5,7,10H,2-3,6,8-9H2,1H3,(H,16,18). The van der Waals surface area contributed by atoms with Crippen molar-refractivity contribution in [3.05, 3.63) is 29.8 Å². The van der Waals surface area contributed by atoms with Crippen LogP contribution in [0.25, 0.3) is 0 Å². The van der Waals surface area contributed by atoms with E-state index in [9.17, 15) is 9.18 Å². The molecular formula is C13H18FN3O. The Morgan fingerprint density at radius 1 is 1.67 bits per heavy atom. The summed E-state index contributed by atoms with van der Waals surface area (Å²) in [4.78, 5) is 17.5. The van der Waals surface area contributed by atoms with Crippen molar-refractivity contribution < 1.29 is 9.18 Å². The van der Waals surface area contributed by atoms with Crippen LogP contribution in [0.2, 0.25) is 0 Å². The SMILES string of the molecule is CN1CCCC(CNC(=O)c2ccnc(F)c2)C1. The van der Waals surface area contributed by atoms with Gasteiger partial charge in [-0.1, -0.05) is 0 Å². The highest BCUT2D eigenvalue weighted by molar-refractivity contribution is 5.93. The molecule has 0 aromatic carbocycles. The summed E-state index contributed by atoms with van der Waals surface area (Å²) in [5, 5.41) is 2.86. The van der Waals surface area contributed by atoms with Crippen molar-refractivity contribution in [1.82, 2.24) is 15.2 Å². The predicted molar refractivity (Wildman–Crippen MR) is 66.7 cm³/mol. The molecule has 5 heteroatoms. The van der Waals surface area contributed by atoms with Gasteiger partial charge in [-0.15, -0.1) is 0 Å². The van der Waals surface area contributed by atoms with Gasteiger partial charge in [0.1, 0.15) is 0 Å². The first-order valence-corrected chi connectivity index (χ1v) is 6.23. The number of carbonyl (C=O) groups is 1. The highest BCUT2D eigenvalue weighted by Gasteiger charge is 2.18. The maximum Gasteiger partial charge on any atom is 0.251 e. The lowest BCUT2D eigenvalue weighted by Crippen LogP contribution is -2.39. The number of likely N-dealkylation sites (tertiary alicyclic amines) is 1. The number of amides is 1. The molecule has 18 heavy (non-hydrogen) atoms. The zero-order chi connectivity index (χ0) is 13.0. The lowest BCUT2D eigenvalue weighted by Gasteiger charge is -2.29. The van der Waals surface area contributed by atoms with E-state index >= 15 is 0 Å². The summed E-state index contributed by atoms with van der Waals surface area (Å²) in [7, 11) is 2.09. The number of rotatable bonds is 3. The highest BCUT2D eigenvalue weighted by atomic mass is 19.1. The maximum absolute atomic E-state index is 12.9. The van der Waals surface area contributed by atoms with Gasteiger partial charge in [0.25, 0.3) is 5.91 Å². The van der Waals surface area contributed by atoms with Gasteiger partial charge in [0, 0.05) is 30.9 Å². The van der Waals surface area contributed by atoms with E-state index < -0.39 is 5.95 Å². The molecule has 1 amide bonds. The van der Waals surface area contributed by atoms with Crippen LogP contribution in [0.4, 0.5) is 4.39 Å². The minimum Gasteiger partial charge on any atom is -0.352 e. The quantitative estimate of drug-likeness (QED) is 0.823. The number of hydrogen-bond donors (Lipinski definition) is 1. The van der Waals surface area contributed by atoms with Crippen LogP contribution in [0.5, 0.6) is 0 Å². The molecule has 0 radical (unpaired) electrons. The number of aromatic nitrogens is 1. The topological polar surface area (TPSA) is 45.2 Å². The third kappa shape index (κ3) is 3.50. The zero-order valence-electron chi connectivity index (χ0n) is 10.5. The van der Waals surface area contributed by atoms with Gasteiger partial charge >= 0.3 is 0 Å². The average Bonchev–Trinajstić information content (AvgIpc) is 2.36. The van der Waals surface area contributed by atoms with Gasteiger partial charge in [0.05, 0.1) is 0 Å². The Kier molecular flexibility index (Phi) is 4.25. The minimum atomic E-state index is -0.625. The van der Waals surface area contributed by atoms with Crippen molar-refractivity contribution in [2.45, 2.75) is 12.8 Å². The molecule has 1 aliphatic heterocycles. The molecule has 4 nitrogen and oxygen atoms in total. The van der Waals surface area contributed by atoms with Crippen LogP contribution in [0, 0.1) is 11.9 Å². The Morgan fingerprint density at radius 3 is 3.22 bits per heavy atom. The normalized spacial score (nSPS) is 20.7. The fourth-order valence-electron chi connectivity index (χ4n) is 2.32. The summed E-state index contributed by atoms with van der Waals surface area (Å²) in [6, 6.07) is 2.67. The molecule has 1 aliphatic rings. The summed E-state index contributed by atoms with van der Waals surface area (Å²) in [6.45, 7) is 2.78. The second-order valence-corrected chi connectivity index (χ2v) is 4.85. The van der Waals surface area contributed by atoms with Gasteiger partial charge in [0.15, 0.2) is 0 Å². The van der Waals surface area contributed by atoms with Gasteiger partial charge in [-0.05, 0) is 38.4 Å². The van der Waals surface area contributed by atoms with Crippen molar-refractivity contribution in [2.75, 3.05) is 26.7 Å². The third-order valence-corrected chi connectivity index (χ3v) is 3.26. The molecule has 1 saturated heterocycles. The van der Waals surface area contributed by atoms with Gasteiger partial charge in [0.2, 0.25) is 5.95 Å². The Hall–Kier alpha value is -1.49. The molecule has 0 bridgehead atoms. The van der Waals surface area contributed by atoms with Gasteiger partial charge < -0.3 is 10.2 Å². The van der Waals surface area contributed by atoms with E-state index in [0.29, 0.717) is 18.0 Å². The molecule has 1 aromatic rings. The molecule has 0 saturated carbocycles. The third-order valence-electron chi connectivity index (χ3n) is 3.26. The molecule has 2 heterocycles. The Bertz CT molecular complexity index is 424. The van der Waals surface area contributed by atoms with E-state index in [2.05, 4.69) is 22.2 Å². The predicted octanol–water partition coefficient (Wildman–Crippen LogP) is 1.29. The first kappa shape index (κ1) is 13.0. The molecule has 1 atom stereocenters. The number of halogens is 1. The number of piperidine rings is 1. The van der Waals surface area contributed by atoms with Crippen molar-refractivity contribution in [2.24, 2.45) is 5.92 Å². The molecule has 1 aromatic heterocycles. The van der Waals surface area contributed by atoms with Crippen LogP contribution in [0.1, 0.15) is 23.2 Å². The van der Waals surface area contributed by atoms with Crippen LogP contribution < -0.4 is 5.32 Å². The maximum atomic E-state index is 12.9. The van der Waals surface area contributed by atoms with E-state index in [1.54, 1.807) is 0 Å². The minimum absolute atomic E-state index is 0.232. The lowest BCUT2D eigenvalue weighted by atomic mass is 9.98. The van der Waals surface area contributed by atoms with E-state index in [4.69, 9.17) is 0 Å². The molecule has 2 rings (SSSR count). The zero-order valence-corrected chi connectivity index (χ0v) is 10.5. The number of nitrogens with one attached hydrogen (secondary N) is 1.